The fourth-order valence-electron chi connectivity index (χ4n) is 4.86. The van der Waals surface area contributed by atoms with Gasteiger partial charge >= 0.3 is 0 Å². The van der Waals surface area contributed by atoms with Gasteiger partial charge in [0, 0.05) is 77.7 Å². The van der Waals surface area contributed by atoms with Gasteiger partial charge in [0.05, 0.1) is 12.4 Å². The minimum absolute atomic E-state index is 0.319. The van der Waals surface area contributed by atoms with Crippen molar-refractivity contribution >= 4 is 11.9 Å². The molecule has 4 rings (SSSR count). The molecule has 0 bridgehead atoms. The van der Waals surface area contributed by atoms with Crippen LogP contribution in [-0.4, -0.2) is 95.5 Å². The van der Waals surface area contributed by atoms with Crippen molar-refractivity contribution in [2.45, 2.75) is 38.6 Å². The average Bonchev–Trinajstić information content (AvgIpc) is 3.26. The van der Waals surface area contributed by atoms with Crippen LogP contribution in [-0.2, 0) is 4.79 Å². The van der Waals surface area contributed by atoms with Crippen LogP contribution in [0.25, 0.3) is 0 Å². The summed E-state index contributed by atoms with van der Waals surface area (Å²) in [6, 6.07) is 0.432. The van der Waals surface area contributed by atoms with Crippen LogP contribution < -0.4 is 5.32 Å². The van der Waals surface area contributed by atoms with Crippen LogP contribution >= 0.6 is 0 Å². The number of nitrogens with zero attached hydrogens (tertiary/aromatic N) is 6. The van der Waals surface area contributed by atoms with Crippen molar-refractivity contribution in [3.63, 3.8) is 0 Å². The Bertz CT molecular complexity index is 707. The number of aliphatic imine (C=N–C) groups is 1. The van der Waals surface area contributed by atoms with E-state index >= 15 is 0 Å². The second-order valence-corrected chi connectivity index (χ2v) is 9.06. The van der Waals surface area contributed by atoms with Crippen molar-refractivity contribution in [3.8, 4) is 0 Å². The molecule has 0 spiro atoms. The van der Waals surface area contributed by atoms with E-state index in [2.05, 4.69) is 47.7 Å². The fourth-order valence-corrected chi connectivity index (χ4v) is 4.86. The van der Waals surface area contributed by atoms with Gasteiger partial charge in [0.15, 0.2) is 5.96 Å². The van der Waals surface area contributed by atoms with Crippen molar-refractivity contribution in [1.29, 1.82) is 0 Å². The molecule has 0 radical (unpaired) electrons. The molecule has 0 aromatic carbocycles. The van der Waals surface area contributed by atoms with Gasteiger partial charge in [0.25, 0.3) is 0 Å². The van der Waals surface area contributed by atoms with E-state index in [1.165, 1.54) is 6.42 Å². The number of aromatic nitrogens is 2. The molecule has 1 N–H and O–H groups in total. The number of rotatable bonds is 5. The molecule has 1 amide bonds. The fraction of sp³-hybridized carbons (Fsp3) is 0.773. The zero-order valence-corrected chi connectivity index (χ0v) is 18.5. The summed E-state index contributed by atoms with van der Waals surface area (Å²) in [5.74, 6) is 2.34. The normalized spacial score (nSPS) is 26.5. The minimum Gasteiger partial charge on any atom is -0.355 e. The van der Waals surface area contributed by atoms with E-state index in [1.807, 2.05) is 19.6 Å². The highest BCUT2D eigenvalue weighted by atomic mass is 16.2. The van der Waals surface area contributed by atoms with Crippen molar-refractivity contribution < 1.29 is 4.79 Å². The van der Waals surface area contributed by atoms with E-state index in [-0.39, 0.29) is 0 Å². The van der Waals surface area contributed by atoms with Gasteiger partial charge in [-0.25, -0.2) is 4.98 Å². The van der Waals surface area contributed by atoms with Gasteiger partial charge in [-0.3, -0.25) is 14.7 Å². The van der Waals surface area contributed by atoms with Gasteiger partial charge in [0.2, 0.25) is 5.91 Å². The third kappa shape index (κ3) is 4.79. The number of amides is 1. The van der Waals surface area contributed by atoms with Crippen molar-refractivity contribution in [2.75, 3.05) is 59.4 Å². The summed E-state index contributed by atoms with van der Waals surface area (Å²) in [5.41, 5.74) is 0. The first-order chi connectivity index (χ1) is 14.7. The molecule has 3 fully saturated rings. The van der Waals surface area contributed by atoms with Crippen molar-refractivity contribution in [2.24, 2.45) is 16.8 Å². The van der Waals surface area contributed by atoms with Gasteiger partial charge in [-0.1, -0.05) is 13.3 Å². The first kappa shape index (κ1) is 21.2. The summed E-state index contributed by atoms with van der Waals surface area (Å²) < 4.78 is 2.23. The van der Waals surface area contributed by atoms with Crippen LogP contribution in [0.1, 0.15) is 38.6 Å². The number of hydrogen-bond acceptors (Lipinski definition) is 4. The Labute approximate surface area is 180 Å². The molecule has 166 valence electrons. The zero-order chi connectivity index (χ0) is 20.9. The first-order valence-electron chi connectivity index (χ1n) is 11.6. The molecule has 2 atom stereocenters. The number of likely N-dealkylation sites (tertiary alicyclic amines) is 1. The molecular weight excluding hydrogens is 378 g/mol. The highest BCUT2D eigenvalue weighted by Crippen LogP contribution is 2.29. The van der Waals surface area contributed by atoms with Crippen molar-refractivity contribution in [1.82, 2.24) is 29.6 Å². The maximum Gasteiger partial charge on any atom is 0.225 e. The number of piperidine rings is 1. The van der Waals surface area contributed by atoms with E-state index in [9.17, 15) is 4.79 Å². The molecular formula is C22H37N7O. The highest BCUT2D eigenvalue weighted by molar-refractivity contribution is 5.80. The molecule has 1 aliphatic carbocycles. The topological polar surface area (TPSA) is 69.0 Å². The number of hydrogen-bond donors (Lipinski definition) is 1. The molecule has 2 unspecified atom stereocenters. The van der Waals surface area contributed by atoms with Crippen LogP contribution in [0, 0.1) is 11.8 Å². The number of imidazole rings is 1. The van der Waals surface area contributed by atoms with E-state index in [1.54, 1.807) is 0 Å². The monoisotopic (exact) mass is 415 g/mol. The average molecular weight is 416 g/mol. The number of piperazine rings is 1. The molecule has 3 aliphatic rings. The van der Waals surface area contributed by atoms with Crippen LogP contribution in [0.5, 0.6) is 0 Å². The smallest absolute Gasteiger partial charge is 0.225 e. The molecule has 2 aliphatic heterocycles. The summed E-state index contributed by atoms with van der Waals surface area (Å²) in [6.07, 6.45) is 10.4. The highest BCUT2D eigenvalue weighted by Gasteiger charge is 2.31. The van der Waals surface area contributed by atoms with E-state index in [0.29, 0.717) is 23.8 Å². The minimum atomic E-state index is 0.319. The number of carbonyl (C=O) groups is 1. The maximum absolute atomic E-state index is 12.4. The molecule has 30 heavy (non-hydrogen) atoms. The predicted molar refractivity (Wildman–Crippen MR) is 118 cm³/mol. The maximum atomic E-state index is 12.4. The third-order valence-electron chi connectivity index (χ3n) is 7.19. The lowest BCUT2D eigenvalue weighted by Crippen LogP contribution is -2.53. The summed E-state index contributed by atoms with van der Waals surface area (Å²) in [4.78, 5) is 28.1. The van der Waals surface area contributed by atoms with E-state index in [0.717, 1.165) is 77.6 Å². The Morgan fingerprint density at radius 1 is 1.13 bits per heavy atom. The number of nitrogens with one attached hydrogen (secondary N) is 1. The van der Waals surface area contributed by atoms with Crippen LogP contribution in [0.4, 0.5) is 0 Å². The Kier molecular flexibility index (Phi) is 6.92. The number of guanidine groups is 1. The van der Waals surface area contributed by atoms with Crippen LogP contribution in [0.3, 0.4) is 0 Å². The largest absolute Gasteiger partial charge is 0.355 e. The van der Waals surface area contributed by atoms with Gasteiger partial charge in [-0.05, 0) is 25.2 Å². The first-order valence-corrected chi connectivity index (χ1v) is 11.6. The van der Waals surface area contributed by atoms with Gasteiger partial charge in [-0.2, -0.15) is 0 Å². The molecule has 8 nitrogen and oxygen atoms in total. The zero-order valence-electron chi connectivity index (χ0n) is 18.5. The lowest BCUT2D eigenvalue weighted by Gasteiger charge is -2.40. The van der Waals surface area contributed by atoms with Gasteiger partial charge in [0.1, 0.15) is 0 Å². The van der Waals surface area contributed by atoms with Crippen LogP contribution in [0.2, 0.25) is 0 Å². The molecule has 8 heteroatoms. The predicted octanol–water partition coefficient (Wildman–Crippen LogP) is 1.29. The Morgan fingerprint density at radius 3 is 2.57 bits per heavy atom. The Balaban J connectivity index is 1.20. The molecule has 3 heterocycles. The lowest BCUT2D eigenvalue weighted by atomic mass is 9.84. The quantitative estimate of drug-likeness (QED) is 0.580. The second-order valence-electron chi connectivity index (χ2n) is 9.06. The van der Waals surface area contributed by atoms with Gasteiger partial charge < -0.3 is 19.7 Å². The summed E-state index contributed by atoms with van der Waals surface area (Å²) in [5, 5.41) is 3.57. The molecule has 1 saturated carbocycles. The molecule has 2 saturated heterocycles. The SMILES string of the molecule is CN=C(NCCN1CCN(C(=O)C2CCC2)CC1)N1CCC(C)C(n2ccnc2)C1. The third-order valence-corrected chi connectivity index (χ3v) is 7.19. The molecule has 1 aromatic rings. The second kappa shape index (κ2) is 9.81. The summed E-state index contributed by atoms with van der Waals surface area (Å²) in [7, 11) is 1.87. The Morgan fingerprint density at radius 2 is 1.93 bits per heavy atom. The molecule has 1 aromatic heterocycles. The van der Waals surface area contributed by atoms with Crippen LogP contribution in [0.15, 0.2) is 23.7 Å². The van der Waals surface area contributed by atoms with Crippen molar-refractivity contribution in [3.05, 3.63) is 18.7 Å². The summed E-state index contributed by atoms with van der Waals surface area (Å²) in [6.45, 7) is 9.89. The Hall–Kier alpha value is -2.09. The van der Waals surface area contributed by atoms with E-state index < -0.39 is 0 Å². The van der Waals surface area contributed by atoms with E-state index in [4.69, 9.17) is 0 Å². The summed E-state index contributed by atoms with van der Waals surface area (Å²) >= 11 is 0. The number of carbonyl (C=O) groups excluding carboxylic acids is 1. The lowest BCUT2D eigenvalue weighted by molar-refractivity contribution is -0.139. The van der Waals surface area contributed by atoms with Gasteiger partial charge in [-0.15, -0.1) is 0 Å². The standard InChI is InChI=1S/C22H37N7O/c1-18-6-9-28(16-20(18)29-11-7-24-17-29)22(23-2)25-8-10-26-12-14-27(15-13-26)21(30)19-4-3-5-19/h7,11,17-20H,3-6,8-10,12-16H2,1-2H3,(H,23,25).